The minimum absolute atomic E-state index is 0.722. The van der Waals surface area contributed by atoms with E-state index >= 15 is 0 Å². The number of aromatic nitrogens is 1. The number of aldehydes is 1. The first-order valence-corrected chi connectivity index (χ1v) is 5.96. The van der Waals surface area contributed by atoms with Gasteiger partial charge in [-0.15, -0.1) is 0 Å². The van der Waals surface area contributed by atoms with Crippen molar-refractivity contribution < 1.29 is 4.79 Å². The van der Waals surface area contributed by atoms with E-state index in [-0.39, 0.29) is 0 Å². The third kappa shape index (κ3) is 1.93. The van der Waals surface area contributed by atoms with E-state index in [1.165, 1.54) is 11.1 Å². The summed E-state index contributed by atoms with van der Waals surface area (Å²) in [7, 11) is 0. The predicted molar refractivity (Wildman–Crippen MR) is 72.9 cm³/mol. The molecule has 2 nitrogen and oxygen atoms in total. The second kappa shape index (κ2) is 4.49. The summed E-state index contributed by atoms with van der Waals surface area (Å²) < 4.78 is 0. The van der Waals surface area contributed by atoms with E-state index in [9.17, 15) is 4.79 Å². The number of H-pyrrole nitrogens is 1. The maximum atomic E-state index is 10.9. The molecule has 0 aliphatic heterocycles. The van der Waals surface area contributed by atoms with E-state index in [2.05, 4.69) is 29.2 Å². The van der Waals surface area contributed by atoms with Gasteiger partial charge < -0.3 is 4.98 Å². The fourth-order valence-electron chi connectivity index (χ4n) is 2.23. The largest absolute Gasteiger partial charge is 0.360 e. The van der Waals surface area contributed by atoms with Crippen LogP contribution < -0.4 is 0 Å². The van der Waals surface area contributed by atoms with Gasteiger partial charge in [0.15, 0.2) is 6.29 Å². The highest BCUT2D eigenvalue weighted by Gasteiger charge is 2.04. The highest BCUT2D eigenvalue weighted by molar-refractivity contribution is 5.97. The molecule has 1 heterocycles. The molecule has 0 aliphatic carbocycles. The van der Waals surface area contributed by atoms with Crippen LogP contribution in [0.5, 0.6) is 0 Å². The van der Waals surface area contributed by atoms with Gasteiger partial charge in [0.2, 0.25) is 0 Å². The molecule has 3 rings (SSSR count). The van der Waals surface area contributed by atoms with E-state index < -0.39 is 0 Å². The number of aromatic amines is 1. The number of carbonyl (C=O) groups is 1. The van der Waals surface area contributed by atoms with Crippen molar-refractivity contribution >= 4 is 17.2 Å². The van der Waals surface area contributed by atoms with Crippen LogP contribution in [0, 0.1) is 0 Å². The van der Waals surface area contributed by atoms with Gasteiger partial charge >= 0.3 is 0 Å². The van der Waals surface area contributed by atoms with Gasteiger partial charge in [0, 0.05) is 22.7 Å². The molecule has 0 spiro atoms. The number of rotatable bonds is 3. The third-order valence-corrected chi connectivity index (χ3v) is 3.16. The van der Waals surface area contributed by atoms with Crippen molar-refractivity contribution in [3.8, 4) is 0 Å². The van der Waals surface area contributed by atoms with E-state index in [0.29, 0.717) is 0 Å². The minimum Gasteiger partial charge on any atom is -0.360 e. The van der Waals surface area contributed by atoms with Crippen molar-refractivity contribution in [2.45, 2.75) is 6.42 Å². The van der Waals surface area contributed by atoms with Crippen LogP contribution >= 0.6 is 0 Å². The quantitative estimate of drug-likeness (QED) is 0.692. The summed E-state index contributed by atoms with van der Waals surface area (Å²) in [5.41, 5.74) is 4.23. The normalized spacial score (nSPS) is 10.7. The molecule has 2 heteroatoms. The number of nitrogens with one attached hydrogen (secondary N) is 1. The maximum Gasteiger partial charge on any atom is 0.152 e. The lowest BCUT2D eigenvalue weighted by molar-refractivity contribution is 0.112. The fourth-order valence-corrected chi connectivity index (χ4v) is 2.23. The van der Waals surface area contributed by atoms with E-state index in [1.807, 2.05) is 24.3 Å². The Labute approximate surface area is 105 Å². The molecular formula is C16H13NO. The van der Waals surface area contributed by atoms with Crippen LogP contribution in [0.15, 0.2) is 54.7 Å². The molecule has 88 valence electrons. The second-order valence-electron chi connectivity index (χ2n) is 4.40. The van der Waals surface area contributed by atoms with Crippen molar-refractivity contribution in [3.63, 3.8) is 0 Å². The highest BCUT2D eigenvalue weighted by Crippen LogP contribution is 2.20. The second-order valence-corrected chi connectivity index (χ2v) is 4.40. The van der Waals surface area contributed by atoms with Gasteiger partial charge in [-0.3, -0.25) is 4.79 Å². The first kappa shape index (κ1) is 10.8. The van der Waals surface area contributed by atoms with Crippen molar-refractivity contribution in [2.75, 3.05) is 0 Å². The Kier molecular flexibility index (Phi) is 2.69. The Bertz CT molecular complexity index is 683. The summed E-state index contributed by atoms with van der Waals surface area (Å²) in [6.07, 6.45) is 3.54. The predicted octanol–water partition coefficient (Wildman–Crippen LogP) is 3.57. The molecule has 0 radical (unpaired) electrons. The van der Waals surface area contributed by atoms with Crippen LogP contribution in [0.2, 0.25) is 0 Å². The number of benzene rings is 2. The molecule has 0 aliphatic rings. The lowest BCUT2D eigenvalue weighted by atomic mass is 10.0. The summed E-state index contributed by atoms with van der Waals surface area (Å²) in [6.45, 7) is 0. The first-order chi connectivity index (χ1) is 8.86. The molecule has 2 aromatic carbocycles. The molecule has 0 fully saturated rings. The Morgan fingerprint density at radius 3 is 2.61 bits per heavy atom. The number of hydrogen-bond donors (Lipinski definition) is 1. The Morgan fingerprint density at radius 2 is 1.83 bits per heavy atom. The Hall–Kier alpha value is -2.35. The molecule has 18 heavy (non-hydrogen) atoms. The van der Waals surface area contributed by atoms with Crippen LogP contribution in [0.4, 0.5) is 0 Å². The summed E-state index contributed by atoms with van der Waals surface area (Å²) in [5.74, 6) is 0. The van der Waals surface area contributed by atoms with Crippen LogP contribution in [-0.2, 0) is 6.42 Å². The molecule has 0 saturated carbocycles. The molecule has 0 unspecified atom stereocenters. The molecule has 3 aromatic rings. The van der Waals surface area contributed by atoms with Gasteiger partial charge in [0.1, 0.15) is 0 Å². The number of hydrogen-bond acceptors (Lipinski definition) is 1. The zero-order valence-corrected chi connectivity index (χ0v) is 9.89. The topological polar surface area (TPSA) is 32.9 Å². The van der Waals surface area contributed by atoms with E-state index in [4.69, 9.17) is 0 Å². The highest BCUT2D eigenvalue weighted by atomic mass is 16.1. The van der Waals surface area contributed by atoms with Crippen molar-refractivity contribution in [3.05, 3.63) is 71.4 Å². The van der Waals surface area contributed by atoms with E-state index in [0.717, 1.165) is 29.2 Å². The molecule has 0 saturated heterocycles. The summed E-state index contributed by atoms with van der Waals surface area (Å²) >= 11 is 0. The SMILES string of the molecule is O=Cc1c[nH]c2ccc(Cc3ccccc3)cc12. The molecular weight excluding hydrogens is 222 g/mol. The molecule has 0 bridgehead atoms. The van der Waals surface area contributed by atoms with Crippen LogP contribution in [-0.4, -0.2) is 11.3 Å². The zero-order chi connectivity index (χ0) is 12.4. The minimum atomic E-state index is 0.722. The molecule has 1 aromatic heterocycles. The number of fused-ring (bicyclic) bond motifs is 1. The number of carbonyl (C=O) groups excluding carboxylic acids is 1. The molecule has 0 atom stereocenters. The summed E-state index contributed by atoms with van der Waals surface area (Å²) in [6, 6.07) is 16.5. The molecule has 1 N–H and O–H groups in total. The lowest BCUT2D eigenvalue weighted by Gasteiger charge is -2.02. The van der Waals surface area contributed by atoms with Gasteiger partial charge in [0.05, 0.1) is 0 Å². The first-order valence-electron chi connectivity index (χ1n) is 5.96. The summed E-state index contributed by atoms with van der Waals surface area (Å²) in [5, 5.41) is 0.999. The fraction of sp³-hybridized carbons (Fsp3) is 0.0625. The van der Waals surface area contributed by atoms with Gasteiger partial charge in [-0.1, -0.05) is 36.4 Å². The lowest BCUT2D eigenvalue weighted by Crippen LogP contribution is -1.87. The van der Waals surface area contributed by atoms with Crippen LogP contribution in [0.1, 0.15) is 21.5 Å². The Balaban J connectivity index is 2.00. The Morgan fingerprint density at radius 1 is 1.00 bits per heavy atom. The van der Waals surface area contributed by atoms with Gasteiger partial charge in [-0.05, 0) is 29.7 Å². The smallest absolute Gasteiger partial charge is 0.152 e. The van der Waals surface area contributed by atoms with Crippen molar-refractivity contribution in [2.24, 2.45) is 0 Å². The molecule has 0 amide bonds. The maximum absolute atomic E-state index is 10.9. The van der Waals surface area contributed by atoms with E-state index in [1.54, 1.807) is 6.20 Å². The zero-order valence-electron chi connectivity index (χ0n) is 9.89. The standard InChI is InChI=1S/C16H13NO/c18-11-14-10-17-16-7-6-13(9-15(14)16)8-12-4-2-1-3-5-12/h1-7,9-11,17H,8H2. The average Bonchev–Trinajstić information content (AvgIpc) is 2.82. The van der Waals surface area contributed by atoms with Gasteiger partial charge in [-0.2, -0.15) is 0 Å². The average molecular weight is 235 g/mol. The van der Waals surface area contributed by atoms with Crippen molar-refractivity contribution in [1.82, 2.24) is 4.98 Å². The van der Waals surface area contributed by atoms with Crippen LogP contribution in [0.3, 0.4) is 0 Å². The van der Waals surface area contributed by atoms with Crippen LogP contribution in [0.25, 0.3) is 10.9 Å². The van der Waals surface area contributed by atoms with Gasteiger partial charge in [-0.25, -0.2) is 0 Å². The third-order valence-electron chi connectivity index (χ3n) is 3.16. The summed E-state index contributed by atoms with van der Waals surface area (Å²) in [4.78, 5) is 14.0. The van der Waals surface area contributed by atoms with Gasteiger partial charge in [0.25, 0.3) is 0 Å². The van der Waals surface area contributed by atoms with Crippen molar-refractivity contribution in [1.29, 1.82) is 0 Å². The monoisotopic (exact) mass is 235 g/mol.